The molecule has 0 radical (unpaired) electrons. The quantitative estimate of drug-likeness (QED) is 0.468. The molecule has 1 N–H and O–H groups in total. The molecule has 0 aliphatic rings. The second-order valence-corrected chi connectivity index (χ2v) is 3.72. The van der Waals surface area contributed by atoms with Crippen LogP contribution in [0, 0.1) is 10.1 Å². The molecule has 0 saturated carbocycles. The number of carbonyl (C=O) groups is 1. The number of benzene rings is 1. The van der Waals surface area contributed by atoms with Crippen LogP contribution in [0.4, 0.5) is 5.69 Å². The summed E-state index contributed by atoms with van der Waals surface area (Å²) in [6.07, 6.45) is 0.438. The smallest absolute Gasteiger partial charge is 0.323 e. The lowest BCUT2D eigenvalue weighted by Gasteiger charge is -2.14. The molecule has 1 rings (SSSR count). The molecule has 0 aliphatic carbocycles. The normalized spacial score (nSPS) is 11.9. The Morgan fingerprint density at radius 2 is 2.06 bits per heavy atom. The van der Waals surface area contributed by atoms with Crippen molar-refractivity contribution < 1.29 is 14.5 Å². The van der Waals surface area contributed by atoms with Crippen LogP contribution in [0.5, 0.6) is 0 Å². The van der Waals surface area contributed by atoms with Gasteiger partial charge in [-0.2, -0.15) is 0 Å². The molecule has 0 saturated heterocycles. The maximum absolute atomic E-state index is 11.6. The fraction of sp³-hybridized carbons (Fsp3) is 0.417. The summed E-state index contributed by atoms with van der Waals surface area (Å²) >= 11 is 0. The van der Waals surface area contributed by atoms with Crippen LogP contribution in [-0.4, -0.2) is 30.6 Å². The third-order valence-electron chi connectivity index (χ3n) is 2.51. The van der Waals surface area contributed by atoms with Gasteiger partial charge in [-0.15, -0.1) is 0 Å². The number of nitrogens with one attached hydrogen (secondary N) is 1. The first kappa shape index (κ1) is 14.1. The highest BCUT2D eigenvalue weighted by Crippen LogP contribution is 2.13. The highest BCUT2D eigenvalue weighted by molar-refractivity contribution is 5.76. The van der Waals surface area contributed by atoms with Crippen molar-refractivity contribution in [2.45, 2.75) is 19.4 Å². The van der Waals surface area contributed by atoms with E-state index in [9.17, 15) is 14.9 Å². The maximum Gasteiger partial charge on any atom is 0.323 e. The zero-order valence-corrected chi connectivity index (χ0v) is 10.4. The van der Waals surface area contributed by atoms with E-state index in [0.717, 1.165) is 5.56 Å². The van der Waals surface area contributed by atoms with E-state index >= 15 is 0 Å². The summed E-state index contributed by atoms with van der Waals surface area (Å²) < 4.78 is 4.92. The third-order valence-corrected chi connectivity index (χ3v) is 2.51. The number of likely N-dealkylation sites (N-methyl/N-ethyl adjacent to an activating group) is 1. The van der Waals surface area contributed by atoms with E-state index in [1.54, 1.807) is 26.1 Å². The predicted molar refractivity (Wildman–Crippen MR) is 66.3 cm³/mol. The minimum atomic E-state index is -0.454. The van der Waals surface area contributed by atoms with E-state index in [1.165, 1.54) is 12.1 Å². The van der Waals surface area contributed by atoms with Crippen LogP contribution in [0.1, 0.15) is 12.5 Å². The molecule has 0 heterocycles. The van der Waals surface area contributed by atoms with Gasteiger partial charge in [-0.05, 0) is 26.0 Å². The molecular weight excluding hydrogens is 236 g/mol. The van der Waals surface area contributed by atoms with E-state index in [1.807, 2.05) is 0 Å². The van der Waals surface area contributed by atoms with Gasteiger partial charge < -0.3 is 10.1 Å². The van der Waals surface area contributed by atoms with Gasteiger partial charge in [-0.1, -0.05) is 12.1 Å². The van der Waals surface area contributed by atoms with Crippen molar-refractivity contribution >= 4 is 11.7 Å². The Kier molecular flexibility index (Phi) is 5.26. The number of rotatable bonds is 6. The summed E-state index contributed by atoms with van der Waals surface area (Å²) in [7, 11) is 1.67. The standard InChI is InChI=1S/C12H16N2O4/c1-3-18-12(15)11(13-2)8-9-4-6-10(7-5-9)14(16)17/h4-7,11,13H,3,8H2,1-2H3. The van der Waals surface area contributed by atoms with Gasteiger partial charge in [0, 0.05) is 12.1 Å². The van der Waals surface area contributed by atoms with E-state index < -0.39 is 11.0 Å². The van der Waals surface area contributed by atoms with Crippen molar-refractivity contribution in [3.8, 4) is 0 Å². The molecule has 18 heavy (non-hydrogen) atoms. The number of ether oxygens (including phenoxy) is 1. The summed E-state index contributed by atoms with van der Waals surface area (Å²) in [5.74, 6) is -0.321. The molecule has 1 aromatic carbocycles. The van der Waals surface area contributed by atoms with Crippen LogP contribution in [0.25, 0.3) is 0 Å². The number of nitro benzene ring substituents is 1. The Labute approximate surface area is 105 Å². The molecule has 1 unspecified atom stereocenters. The second kappa shape index (κ2) is 6.70. The topological polar surface area (TPSA) is 81.5 Å². The average Bonchev–Trinajstić information content (AvgIpc) is 2.36. The van der Waals surface area contributed by atoms with Gasteiger partial charge in [0.25, 0.3) is 5.69 Å². The Bertz CT molecular complexity index is 417. The first-order valence-electron chi connectivity index (χ1n) is 5.65. The van der Waals surface area contributed by atoms with Gasteiger partial charge in [0.2, 0.25) is 0 Å². The minimum Gasteiger partial charge on any atom is -0.465 e. The summed E-state index contributed by atoms with van der Waals surface area (Å²) in [4.78, 5) is 21.6. The number of esters is 1. The molecule has 1 atom stereocenters. The fourth-order valence-electron chi connectivity index (χ4n) is 1.54. The lowest BCUT2D eigenvalue weighted by Crippen LogP contribution is -2.37. The largest absolute Gasteiger partial charge is 0.465 e. The van der Waals surface area contributed by atoms with Crippen molar-refractivity contribution in [1.29, 1.82) is 0 Å². The molecule has 0 aliphatic heterocycles. The van der Waals surface area contributed by atoms with Crippen molar-refractivity contribution in [3.05, 3.63) is 39.9 Å². The lowest BCUT2D eigenvalue weighted by atomic mass is 10.1. The molecule has 6 heteroatoms. The lowest BCUT2D eigenvalue weighted by molar-refractivity contribution is -0.384. The molecule has 0 amide bonds. The number of hydrogen-bond acceptors (Lipinski definition) is 5. The molecule has 0 aromatic heterocycles. The van der Waals surface area contributed by atoms with Gasteiger partial charge in [0.1, 0.15) is 6.04 Å². The highest BCUT2D eigenvalue weighted by atomic mass is 16.6. The molecular formula is C12H16N2O4. The van der Waals surface area contributed by atoms with Gasteiger partial charge in [-0.25, -0.2) is 0 Å². The van der Waals surface area contributed by atoms with Gasteiger partial charge in [-0.3, -0.25) is 14.9 Å². The average molecular weight is 252 g/mol. The summed E-state index contributed by atoms with van der Waals surface area (Å²) in [5, 5.41) is 13.4. The highest BCUT2D eigenvalue weighted by Gasteiger charge is 2.18. The van der Waals surface area contributed by atoms with Crippen LogP contribution in [0.3, 0.4) is 0 Å². The zero-order valence-electron chi connectivity index (χ0n) is 10.4. The summed E-state index contributed by atoms with van der Waals surface area (Å²) in [6.45, 7) is 2.08. The van der Waals surface area contributed by atoms with Crippen molar-refractivity contribution in [1.82, 2.24) is 5.32 Å². The van der Waals surface area contributed by atoms with Crippen molar-refractivity contribution in [3.63, 3.8) is 0 Å². The number of non-ortho nitro benzene ring substituents is 1. The fourth-order valence-corrected chi connectivity index (χ4v) is 1.54. The Hall–Kier alpha value is -1.95. The van der Waals surface area contributed by atoms with Crippen LogP contribution < -0.4 is 5.32 Å². The summed E-state index contributed by atoms with van der Waals surface area (Å²) in [6, 6.07) is 5.69. The predicted octanol–water partition coefficient (Wildman–Crippen LogP) is 1.29. The van der Waals surface area contributed by atoms with E-state index in [4.69, 9.17) is 4.74 Å². The number of carbonyl (C=O) groups excluding carboxylic acids is 1. The number of nitrogens with zero attached hydrogens (tertiary/aromatic N) is 1. The van der Waals surface area contributed by atoms with E-state index in [-0.39, 0.29) is 11.7 Å². The van der Waals surface area contributed by atoms with Crippen LogP contribution >= 0.6 is 0 Å². The van der Waals surface area contributed by atoms with Crippen LogP contribution in [0.15, 0.2) is 24.3 Å². The monoisotopic (exact) mass is 252 g/mol. The van der Waals surface area contributed by atoms with Gasteiger partial charge in [0.05, 0.1) is 11.5 Å². The molecule has 0 bridgehead atoms. The van der Waals surface area contributed by atoms with E-state index in [2.05, 4.69) is 5.32 Å². The molecule has 0 spiro atoms. The molecule has 98 valence electrons. The Morgan fingerprint density at radius 1 is 1.44 bits per heavy atom. The molecule has 6 nitrogen and oxygen atoms in total. The van der Waals surface area contributed by atoms with E-state index in [0.29, 0.717) is 13.0 Å². The van der Waals surface area contributed by atoms with Crippen molar-refractivity contribution in [2.75, 3.05) is 13.7 Å². The maximum atomic E-state index is 11.6. The SMILES string of the molecule is CCOC(=O)C(Cc1ccc([N+](=O)[O-])cc1)NC. The Balaban J connectivity index is 2.70. The first-order chi connectivity index (χ1) is 8.58. The number of nitro groups is 1. The molecule has 1 aromatic rings. The zero-order chi connectivity index (χ0) is 13.5. The summed E-state index contributed by atoms with van der Waals surface area (Å²) in [5.41, 5.74) is 0.879. The first-order valence-corrected chi connectivity index (χ1v) is 5.65. The number of hydrogen-bond donors (Lipinski definition) is 1. The van der Waals surface area contributed by atoms with Crippen LogP contribution in [-0.2, 0) is 16.0 Å². The second-order valence-electron chi connectivity index (χ2n) is 3.72. The van der Waals surface area contributed by atoms with Gasteiger partial charge >= 0.3 is 5.97 Å². The molecule has 0 fully saturated rings. The van der Waals surface area contributed by atoms with Crippen LogP contribution in [0.2, 0.25) is 0 Å². The van der Waals surface area contributed by atoms with Crippen molar-refractivity contribution in [2.24, 2.45) is 0 Å². The minimum absolute atomic E-state index is 0.0379. The third kappa shape index (κ3) is 3.81. The van der Waals surface area contributed by atoms with Gasteiger partial charge in [0.15, 0.2) is 0 Å². The Morgan fingerprint density at radius 3 is 2.50 bits per heavy atom.